The van der Waals surface area contributed by atoms with E-state index in [0.29, 0.717) is 23.2 Å². The summed E-state index contributed by atoms with van der Waals surface area (Å²) in [5.41, 5.74) is 0.766. The Labute approximate surface area is 172 Å². The van der Waals surface area contributed by atoms with E-state index in [4.69, 9.17) is 48.0 Å². The van der Waals surface area contributed by atoms with Crippen molar-refractivity contribution in [3.05, 3.63) is 56.6 Å². The van der Waals surface area contributed by atoms with Crippen LogP contribution in [0.3, 0.4) is 0 Å². The van der Waals surface area contributed by atoms with Crippen molar-refractivity contribution < 1.29 is 19.8 Å². The van der Waals surface area contributed by atoms with Crippen molar-refractivity contribution in [2.75, 3.05) is 6.61 Å². The monoisotopic (exact) mass is 432 g/mol. The summed E-state index contributed by atoms with van der Waals surface area (Å²) in [6, 6.07) is 5.36. The molecular weight excluding hydrogens is 411 g/mol. The van der Waals surface area contributed by atoms with E-state index in [-0.39, 0.29) is 6.10 Å². The maximum atomic E-state index is 8.36. The number of unbranched alkanes of at least 4 members (excludes halogenated alkanes) is 2. The minimum atomic E-state index is -1.50. The average Bonchev–Trinajstić information content (AvgIpc) is 3.26. The van der Waals surface area contributed by atoms with Crippen LogP contribution in [0.15, 0.2) is 30.9 Å². The first kappa shape index (κ1) is 22.4. The van der Waals surface area contributed by atoms with Gasteiger partial charge in [0.15, 0.2) is 0 Å². The third-order valence-corrected chi connectivity index (χ3v) is 4.72. The second kappa shape index (κ2) is 10.6. The Morgan fingerprint density at radius 3 is 2.79 bits per heavy atom. The van der Waals surface area contributed by atoms with Crippen molar-refractivity contribution in [2.24, 2.45) is 0 Å². The molecule has 0 aliphatic carbocycles. The Bertz CT molecular complexity index is 758. The first-order valence-corrected chi connectivity index (χ1v) is 9.55. The zero-order valence-corrected chi connectivity index (χ0v) is 16.8. The van der Waals surface area contributed by atoms with Gasteiger partial charge in [-0.25, -0.2) is 9.67 Å². The molecule has 2 heterocycles. The number of benzene rings is 1. The molecule has 3 rings (SSSR count). The van der Waals surface area contributed by atoms with Crippen LogP contribution in [0.5, 0.6) is 0 Å². The second-order valence-electron chi connectivity index (χ2n) is 6.25. The van der Waals surface area contributed by atoms with Crippen LogP contribution in [0.2, 0.25) is 10.0 Å². The van der Waals surface area contributed by atoms with E-state index in [9.17, 15) is 0 Å². The summed E-state index contributed by atoms with van der Waals surface area (Å²) >= 11 is 12.5. The average molecular weight is 433 g/mol. The van der Waals surface area contributed by atoms with Gasteiger partial charge in [-0.05, 0) is 18.6 Å². The fraction of sp³-hybridized carbons (Fsp3) is 0.529. The minimum absolute atomic E-state index is 0.0480. The van der Waals surface area contributed by atoms with Crippen molar-refractivity contribution in [2.45, 2.75) is 51.0 Å². The smallest absolute Gasteiger partial charge is 0.291 e. The van der Waals surface area contributed by atoms with Gasteiger partial charge < -0.3 is 14.7 Å². The van der Waals surface area contributed by atoms with Crippen LogP contribution in [-0.4, -0.2) is 37.8 Å². The van der Waals surface area contributed by atoms with Gasteiger partial charge >= 0.3 is 0 Å². The van der Waals surface area contributed by atoms with Gasteiger partial charge in [-0.3, -0.25) is 0 Å². The van der Waals surface area contributed by atoms with E-state index in [2.05, 4.69) is 17.0 Å². The van der Waals surface area contributed by atoms with Gasteiger partial charge in [-0.15, -0.1) is 10.1 Å². The first-order chi connectivity index (χ1) is 13.4. The third-order valence-electron chi connectivity index (χ3n) is 4.17. The fourth-order valence-electron chi connectivity index (χ4n) is 2.96. The van der Waals surface area contributed by atoms with E-state index in [1.165, 1.54) is 19.2 Å². The highest BCUT2D eigenvalue weighted by atomic mass is 35.5. The van der Waals surface area contributed by atoms with Crippen LogP contribution >= 0.6 is 23.2 Å². The third kappa shape index (κ3) is 6.30. The quantitative estimate of drug-likeness (QED) is 0.398. The SMILES string of the molecule is CCCCCC1COC(Cn2cncn2)(c2ccc(Cl)cc2Cl)O1.O=[N+]([O-])O. The van der Waals surface area contributed by atoms with Crippen molar-refractivity contribution in [1.82, 2.24) is 14.8 Å². The van der Waals surface area contributed by atoms with Gasteiger partial charge in [0, 0.05) is 10.6 Å². The van der Waals surface area contributed by atoms with Crippen LogP contribution < -0.4 is 0 Å². The highest BCUT2D eigenvalue weighted by Gasteiger charge is 2.45. The summed E-state index contributed by atoms with van der Waals surface area (Å²) in [5.74, 6) is -0.966. The number of ether oxygens (including phenoxy) is 2. The summed E-state index contributed by atoms with van der Waals surface area (Å²) < 4.78 is 14.2. The molecule has 1 fully saturated rings. The van der Waals surface area contributed by atoms with Gasteiger partial charge in [0.25, 0.3) is 5.09 Å². The van der Waals surface area contributed by atoms with Gasteiger partial charge in [0.1, 0.15) is 19.2 Å². The van der Waals surface area contributed by atoms with E-state index in [1.54, 1.807) is 23.1 Å². The van der Waals surface area contributed by atoms with E-state index in [1.807, 2.05) is 6.07 Å². The summed E-state index contributed by atoms with van der Waals surface area (Å²) in [4.78, 5) is 12.4. The standard InChI is InChI=1S/C17H21Cl2N3O2.HNO3/c1-2-3-4-5-14-9-23-17(24-14,10-22-12-20-11-21-22)15-7-6-13(18)8-16(15)19;2-1(3)4/h6-8,11-12,14H,2-5,9-10H2,1H3;(H,2,3,4). The molecule has 0 spiro atoms. The summed E-state index contributed by atoms with van der Waals surface area (Å²) in [7, 11) is 0. The maximum Gasteiger partial charge on any atom is 0.291 e. The molecule has 0 radical (unpaired) electrons. The highest BCUT2D eigenvalue weighted by molar-refractivity contribution is 6.35. The van der Waals surface area contributed by atoms with E-state index >= 15 is 0 Å². The molecule has 1 N–H and O–H groups in total. The Balaban J connectivity index is 0.000000640. The zero-order valence-electron chi connectivity index (χ0n) is 15.3. The molecule has 1 aliphatic rings. The van der Waals surface area contributed by atoms with Gasteiger partial charge in [0.05, 0.1) is 17.7 Å². The van der Waals surface area contributed by atoms with Crippen molar-refractivity contribution >= 4 is 23.2 Å². The van der Waals surface area contributed by atoms with Crippen LogP contribution in [0.1, 0.15) is 38.2 Å². The molecule has 2 unspecified atom stereocenters. The lowest BCUT2D eigenvalue weighted by atomic mass is 10.1. The molecule has 1 aliphatic heterocycles. The van der Waals surface area contributed by atoms with Gasteiger partial charge in [-0.2, -0.15) is 5.10 Å². The molecular formula is C17H22Cl2N4O5. The maximum absolute atomic E-state index is 8.36. The first-order valence-electron chi connectivity index (χ1n) is 8.79. The number of rotatable bonds is 7. The molecule has 154 valence electrons. The number of hydrogen-bond acceptors (Lipinski definition) is 6. The molecule has 0 amide bonds. The molecule has 2 atom stereocenters. The Morgan fingerprint density at radius 2 is 2.18 bits per heavy atom. The molecule has 1 aromatic heterocycles. The predicted octanol–water partition coefficient (Wildman–Crippen LogP) is 4.09. The fourth-order valence-corrected chi connectivity index (χ4v) is 3.52. The summed E-state index contributed by atoms with van der Waals surface area (Å²) in [6.07, 6.45) is 7.65. The zero-order chi connectivity index (χ0) is 20.6. The van der Waals surface area contributed by atoms with E-state index < -0.39 is 10.9 Å². The van der Waals surface area contributed by atoms with Crippen LogP contribution in [0.25, 0.3) is 0 Å². The van der Waals surface area contributed by atoms with Crippen molar-refractivity contribution in [1.29, 1.82) is 0 Å². The lowest BCUT2D eigenvalue weighted by Crippen LogP contribution is -2.34. The molecule has 11 heteroatoms. The minimum Gasteiger partial charge on any atom is -0.342 e. The van der Waals surface area contributed by atoms with E-state index in [0.717, 1.165) is 18.4 Å². The lowest BCUT2D eigenvalue weighted by molar-refractivity contribution is -0.742. The Hall–Kier alpha value is -1.94. The van der Waals surface area contributed by atoms with Crippen LogP contribution in [-0.2, 0) is 21.8 Å². The largest absolute Gasteiger partial charge is 0.342 e. The van der Waals surface area contributed by atoms with Crippen LogP contribution in [0.4, 0.5) is 0 Å². The molecule has 0 saturated carbocycles. The Kier molecular flexibility index (Phi) is 8.43. The number of hydrogen-bond donors (Lipinski definition) is 1. The summed E-state index contributed by atoms with van der Waals surface area (Å²) in [5, 5.41) is 18.9. The summed E-state index contributed by atoms with van der Waals surface area (Å²) in [6.45, 7) is 3.12. The Morgan fingerprint density at radius 1 is 1.43 bits per heavy atom. The molecule has 2 aromatic rings. The lowest BCUT2D eigenvalue weighted by Gasteiger charge is -2.29. The molecule has 9 nitrogen and oxygen atoms in total. The second-order valence-corrected chi connectivity index (χ2v) is 7.10. The van der Waals surface area contributed by atoms with Crippen molar-refractivity contribution in [3.8, 4) is 0 Å². The van der Waals surface area contributed by atoms with Gasteiger partial charge in [0.2, 0.25) is 5.79 Å². The molecule has 1 aromatic carbocycles. The van der Waals surface area contributed by atoms with Crippen molar-refractivity contribution in [3.63, 3.8) is 0 Å². The molecule has 0 bridgehead atoms. The molecule has 1 saturated heterocycles. The van der Waals surface area contributed by atoms with Gasteiger partial charge in [-0.1, -0.05) is 55.5 Å². The normalized spacial score (nSPS) is 21.2. The highest BCUT2D eigenvalue weighted by Crippen LogP contribution is 2.41. The van der Waals surface area contributed by atoms with Crippen LogP contribution in [0, 0.1) is 10.1 Å². The number of aromatic nitrogens is 3. The molecule has 28 heavy (non-hydrogen) atoms. The predicted molar refractivity (Wildman–Crippen MR) is 102 cm³/mol. The number of halogens is 2. The number of nitrogens with zero attached hydrogens (tertiary/aromatic N) is 4. The topological polar surface area (TPSA) is 113 Å².